The van der Waals surface area contributed by atoms with Crippen LogP contribution >= 0.6 is 0 Å². The monoisotopic (exact) mass is 379 g/mol. The van der Waals surface area contributed by atoms with E-state index in [9.17, 15) is 4.79 Å². The zero-order chi connectivity index (χ0) is 20.1. The summed E-state index contributed by atoms with van der Waals surface area (Å²) < 4.78 is 8.08. The molecule has 148 valence electrons. The molecule has 0 aliphatic heterocycles. The van der Waals surface area contributed by atoms with Gasteiger partial charge in [0.25, 0.3) is 0 Å². The van der Waals surface area contributed by atoms with E-state index in [-0.39, 0.29) is 11.3 Å². The highest BCUT2D eigenvalue weighted by atomic mass is 16.5. The standard InChI is InChI=1S/C23H29N3O2/c1-5-22(27)24-16-21-25-19-8-6-7-9-20(19)26(21)14-15-28-18-12-10-17(11-13-18)23(2,3)4/h6-13H,5,14-16H2,1-4H3,(H,24,27). The summed E-state index contributed by atoms with van der Waals surface area (Å²) in [5, 5.41) is 2.92. The largest absolute Gasteiger partial charge is 0.492 e. The number of ether oxygens (including phenoxy) is 1. The van der Waals surface area contributed by atoms with Crippen molar-refractivity contribution >= 4 is 16.9 Å². The van der Waals surface area contributed by atoms with Crippen LogP contribution in [0.1, 0.15) is 45.5 Å². The molecule has 0 aliphatic carbocycles. The molecule has 28 heavy (non-hydrogen) atoms. The maximum Gasteiger partial charge on any atom is 0.220 e. The summed E-state index contributed by atoms with van der Waals surface area (Å²) in [6, 6.07) is 16.3. The summed E-state index contributed by atoms with van der Waals surface area (Å²) in [6.07, 6.45) is 0.466. The molecule has 1 amide bonds. The average molecular weight is 380 g/mol. The highest BCUT2D eigenvalue weighted by Gasteiger charge is 2.14. The van der Waals surface area contributed by atoms with Gasteiger partial charge in [-0.2, -0.15) is 0 Å². The molecule has 5 heteroatoms. The van der Waals surface area contributed by atoms with Gasteiger partial charge in [-0.3, -0.25) is 4.79 Å². The lowest BCUT2D eigenvalue weighted by molar-refractivity contribution is -0.120. The summed E-state index contributed by atoms with van der Waals surface area (Å²) >= 11 is 0. The third kappa shape index (κ3) is 4.71. The highest BCUT2D eigenvalue weighted by Crippen LogP contribution is 2.24. The van der Waals surface area contributed by atoms with Gasteiger partial charge in [0, 0.05) is 6.42 Å². The first kappa shape index (κ1) is 19.9. The minimum Gasteiger partial charge on any atom is -0.492 e. The Morgan fingerprint density at radius 1 is 1.11 bits per heavy atom. The van der Waals surface area contributed by atoms with Gasteiger partial charge in [0.15, 0.2) is 0 Å². The van der Waals surface area contributed by atoms with Crippen LogP contribution in [0.2, 0.25) is 0 Å². The smallest absolute Gasteiger partial charge is 0.220 e. The Kier molecular flexibility index (Phi) is 6.02. The second-order valence-corrected chi connectivity index (χ2v) is 7.92. The van der Waals surface area contributed by atoms with Crippen LogP contribution in [0.5, 0.6) is 5.75 Å². The molecule has 0 saturated carbocycles. The number of fused-ring (bicyclic) bond motifs is 1. The lowest BCUT2D eigenvalue weighted by atomic mass is 9.87. The van der Waals surface area contributed by atoms with Crippen LogP contribution in [-0.4, -0.2) is 22.1 Å². The molecule has 0 atom stereocenters. The third-order valence-corrected chi connectivity index (χ3v) is 4.80. The summed E-state index contributed by atoms with van der Waals surface area (Å²) in [6.45, 7) is 10.1. The number of aromatic nitrogens is 2. The number of benzene rings is 2. The number of carbonyl (C=O) groups is 1. The number of hydrogen-bond acceptors (Lipinski definition) is 3. The Morgan fingerprint density at radius 2 is 1.82 bits per heavy atom. The number of nitrogens with one attached hydrogen (secondary N) is 1. The fourth-order valence-electron chi connectivity index (χ4n) is 3.12. The zero-order valence-corrected chi connectivity index (χ0v) is 17.2. The minimum absolute atomic E-state index is 0.0220. The number of carbonyl (C=O) groups excluding carboxylic acids is 1. The van der Waals surface area contributed by atoms with Gasteiger partial charge in [-0.15, -0.1) is 0 Å². The molecule has 5 nitrogen and oxygen atoms in total. The molecule has 2 aromatic carbocycles. The summed E-state index contributed by atoms with van der Waals surface area (Å²) in [5.41, 5.74) is 3.40. The number of rotatable bonds is 7. The maximum atomic E-state index is 11.6. The van der Waals surface area contributed by atoms with Crippen LogP contribution < -0.4 is 10.1 Å². The molecule has 0 radical (unpaired) electrons. The van der Waals surface area contributed by atoms with Crippen molar-refractivity contribution in [1.82, 2.24) is 14.9 Å². The van der Waals surface area contributed by atoms with Crippen LogP contribution in [0.25, 0.3) is 11.0 Å². The van der Waals surface area contributed by atoms with Gasteiger partial charge < -0.3 is 14.6 Å². The Labute approximate surface area is 166 Å². The van der Waals surface area contributed by atoms with Crippen molar-refractivity contribution in [3.63, 3.8) is 0 Å². The molecule has 1 aromatic heterocycles. The zero-order valence-electron chi connectivity index (χ0n) is 17.2. The molecule has 0 bridgehead atoms. The van der Waals surface area contributed by atoms with Gasteiger partial charge >= 0.3 is 0 Å². The topological polar surface area (TPSA) is 56.2 Å². The van der Waals surface area contributed by atoms with Crippen LogP contribution in [0.15, 0.2) is 48.5 Å². The van der Waals surface area contributed by atoms with Crippen LogP contribution in [0, 0.1) is 0 Å². The van der Waals surface area contributed by atoms with Crippen molar-refractivity contribution < 1.29 is 9.53 Å². The maximum absolute atomic E-state index is 11.6. The van der Waals surface area contributed by atoms with E-state index >= 15 is 0 Å². The van der Waals surface area contributed by atoms with E-state index < -0.39 is 0 Å². The van der Waals surface area contributed by atoms with Crippen molar-refractivity contribution in [2.24, 2.45) is 0 Å². The number of hydrogen-bond donors (Lipinski definition) is 1. The Hall–Kier alpha value is -2.82. The molecule has 0 spiro atoms. The van der Waals surface area contributed by atoms with Gasteiger partial charge in [-0.05, 0) is 35.2 Å². The van der Waals surface area contributed by atoms with E-state index in [4.69, 9.17) is 4.74 Å². The minimum atomic E-state index is 0.0220. The second kappa shape index (κ2) is 8.46. The lowest BCUT2D eigenvalue weighted by Gasteiger charge is -2.19. The van der Waals surface area contributed by atoms with Crippen molar-refractivity contribution in [3.8, 4) is 5.75 Å². The van der Waals surface area contributed by atoms with Gasteiger partial charge in [0.2, 0.25) is 5.91 Å². The number of para-hydroxylation sites is 2. The predicted molar refractivity (Wildman–Crippen MR) is 113 cm³/mol. The Balaban J connectivity index is 1.70. The van der Waals surface area contributed by atoms with Crippen LogP contribution in [-0.2, 0) is 23.3 Å². The molecule has 0 aliphatic rings. The van der Waals surface area contributed by atoms with Crippen LogP contribution in [0.4, 0.5) is 0 Å². The molecule has 0 saturated heterocycles. The van der Waals surface area contributed by atoms with Crippen molar-refractivity contribution in [3.05, 3.63) is 59.9 Å². The van der Waals surface area contributed by atoms with Crippen molar-refractivity contribution in [2.45, 2.75) is 52.6 Å². The molecule has 1 heterocycles. The fraction of sp³-hybridized carbons (Fsp3) is 0.391. The third-order valence-electron chi connectivity index (χ3n) is 4.80. The first-order valence-electron chi connectivity index (χ1n) is 9.82. The SMILES string of the molecule is CCC(=O)NCc1nc2ccccc2n1CCOc1ccc(C(C)(C)C)cc1. The molecule has 1 N–H and O–H groups in total. The number of imidazole rings is 1. The number of nitrogens with zero attached hydrogens (tertiary/aromatic N) is 2. The van der Waals surface area contributed by atoms with Gasteiger partial charge in [0.1, 0.15) is 18.2 Å². The predicted octanol–water partition coefficient (Wildman–Crippen LogP) is 4.44. The lowest BCUT2D eigenvalue weighted by Crippen LogP contribution is -2.24. The van der Waals surface area contributed by atoms with Gasteiger partial charge in [-0.25, -0.2) is 4.98 Å². The van der Waals surface area contributed by atoms with E-state index in [1.54, 1.807) is 0 Å². The number of amides is 1. The van der Waals surface area contributed by atoms with Crippen LogP contribution in [0.3, 0.4) is 0 Å². The first-order chi connectivity index (χ1) is 13.4. The summed E-state index contributed by atoms with van der Waals surface area (Å²) in [5.74, 6) is 1.72. The molecule has 0 unspecified atom stereocenters. The van der Waals surface area contributed by atoms with E-state index in [0.717, 1.165) is 22.6 Å². The molecule has 3 aromatic rings. The Bertz CT molecular complexity index is 937. The van der Waals surface area contributed by atoms with E-state index in [1.165, 1.54) is 5.56 Å². The quantitative estimate of drug-likeness (QED) is 0.660. The van der Waals surface area contributed by atoms with Crippen molar-refractivity contribution in [1.29, 1.82) is 0 Å². The average Bonchev–Trinajstić information content (AvgIpc) is 3.03. The summed E-state index contributed by atoms with van der Waals surface area (Å²) in [4.78, 5) is 16.3. The molecular formula is C23H29N3O2. The van der Waals surface area contributed by atoms with Gasteiger partial charge in [0.05, 0.1) is 24.1 Å². The van der Waals surface area contributed by atoms with Gasteiger partial charge in [-0.1, -0.05) is 52.0 Å². The van der Waals surface area contributed by atoms with Crippen molar-refractivity contribution in [2.75, 3.05) is 6.61 Å². The second-order valence-electron chi connectivity index (χ2n) is 7.92. The highest BCUT2D eigenvalue weighted by molar-refractivity contribution is 5.77. The first-order valence-corrected chi connectivity index (χ1v) is 9.82. The molecule has 0 fully saturated rings. The Morgan fingerprint density at radius 3 is 2.50 bits per heavy atom. The fourth-order valence-corrected chi connectivity index (χ4v) is 3.12. The molecular weight excluding hydrogens is 350 g/mol. The normalized spacial score (nSPS) is 11.6. The molecule has 3 rings (SSSR count). The van der Waals surface area contributed by atoms with E-state index in [0.29, 0.717) is 26.1 Å². The van der Waals surface area contributed by atoms with E-state index in [1.807, 2.05) is 43.3 Å². The van der Waals surface area contributed by atoms with E-state index in [2.05, 4.69) is 47.8 Å². The summed E-state index contributed by atoms with van der Waals surface area (Å²) in [7, 11) is 0.